The van der Waals surface area contributed by atoms with Gasteiger partial charge in [-0.05, 0) is 38.6 Å². The minimum absolute atomic E-state index is 0.629. The van der Waals surface area contributed by atoms with Gasteiger partial charge in [0.05, 0.1) is 18.2 Å². The molecule has 0 aromatic heterocycles. The maximum absolute atomic E-state index is 6.48. The molecule has 4 heteroatoms. The third kappa shape index (κ3) is 1.86. The SMILES string of the molecule is NCCc1c2c(c(Cl)c3c1OCCC3)OCCC2. The lowest BCUT2D eigenvalue weighted by atomic mass is 9.91. The van der Waals surface area contributed by atoms with Crippen molar-refractivity contribution < 1.29 is 9.47 Å². The van der Waals surface area contributed by atoms with Gasteiger partial charge in [0, 0.05) is 16.7 Å². The Labute approximate surface area is 112 Å². The fourth-order valence-electron chi connectivity index (χ4n) is 2.89. The summed E-state index contributed by atoms with van der Waals surface area (Å²) in [5.41, 5.74) is 9.30. The predicted molar refractivity (Wildman–Crippen MR) is 71.8 cm³/mol. The number of hydrogen-bond donors (Lipinski definition) is 1. The maximum atomic E-state index is 6.48. The van der Waals surface area contributed by atoms with Gasteiger partial charge in [-0.1, -0.05) is 11.6 Å². The molecule has 0 saturated carbocycles. The van der Waals surface area contributed by atoms with Crippen LogP contribution in [0.5, 0.6) is 11.5 Å². The first kappa shape index (κ1) is 12.1. The summed E-state index contributed by atoms with van der Waals surface area (Å²) in [6, 6.07) is 0. The first-order valence-corrected chi connectivity index (χ1v) is 7.02. The molecule has 0 spiro atoms. The van der Waals surface area contributed by atoms with Gasteiger partial charge in [0.15, 0.2) is 0 Å². The zero-order valence-electron chi connectivity index (χ0n) is 10.4. The van der Waals surface area contributed by atoms with Crippen LogP contribution in [0.1, 0.15) is 29.5 Å². The first-order valence-electron chi connectivity index (χ1n) is 6.64. The number of benzene rings is 1. The third-order valence-electron chi connectivity index (χ3n) is 3.68. The standard InChI is InChI=1S/C14H18ClNO2/c15-12-11-4-2-7-17-13(11)10(5-6-16)9-3-1-8-18-14(9)12/h1-8,16H2. The summed E-state index contributed by atoms with van der Waals surface area (Å²) in [6.45, 7) is 2.17. The van der Waals surface area contributed by atoms with Gasteiger partial charge in [0.1, 0.15) is 11.5 Å². The van der Waals surface area contributed by atoms with E-state index >= 15 is 0 Å². The Hall–Kier alpha value is -0.930. The average Bonchev–Trinajstić information content (AvgIpc) is 2.43. The second kappa shape index (κ2) is 4.98. The van der Waals surface area contributed by atoms with Crippen LogP contribution < -0.4 is 15.2 Å². The number of hydrogen-bond acceptors (Lipinski definition) is 3. The topological polar surface area (TPSA) is 44.5 Å². The van der Waals surface area contributed by atoms with Crippen LogP contribution in [0, 0.1) is 0 Å². The molecule has 0 bridgehead atoms. The number of rotatable bonds is 2. The van der Waals surface area contributed by atoms with Crippen LogP contribution in [0.2, 0.25) is 5.02 Å². The van der Waals surface area contributed by atoms with Crippen LogP contribution in [0.4, 0.5) is 0 Å². The molecule has 98 valence electrons. The lowest BCUT2D eigenvalue weighted by molar-refractivity contribution is 0.270. The zero-order chi connectivity index (χ0) is 12.5. The number of nitrogens with two attached hydrogens (primary N) is 1. The Morgan fingerprint density at radius 3 is 2.39 bits per heavy atom. The molecule has 3 nitrogen and oxygen atoms in total. The second-order valence-electron chi connectivity index (χ2n) is 4.85. The monoisotopic (exact) mass is 267 g/mol. The maximum Gasteiger partial charge on any atom is 0.141 e. The molecule has 0 fully saturated rings. The highest BCUT2D eigenvalue weighted by molar-refractivity contribution is 6.33. The summed E-state index contributed by atoms with van der Waals surface area (Å²) in [7, 11) is 0. The van der Waals surface area contributed by atoms with Crippen LogP contribution >= 0.6 is 11.6 Å². The van der Waals surface area contributed by atoms with Crippen molar-refractivity contribution in [1.82, 2.24) is 0 Å². The van der Waals surface area contributed by atoms with Crippen LogP contribution in [0.25, 0.3) is 0 Å². The molecule has 2 aliphatic rings. The summed E-state index contributed by atoms with van der Waals surface area (Å²) in [6.07, 6.45) is 4.89. The van der Waals surface area contributed by atoms with Crippen LogP contribution in [-0.2, 0) is 19.3 Å². The molecule has 0 aliphatic carbocycles. The fourth-order valence-corrected chi connectivity index (χ4v) is 3.24. The number of halogens is 1. The van der Waals surface area contributed by atoms with E-state index in [1.54, 1.807) is 0 Å². The van der Waals surface area contributed by atoms with E-state index in [2.05, 4.69) is 0 Å². The van der Waals surface area contributed by atoms with E-state index in [9.17, 15) is 0 Å². The van der Waals surface area contributed by atoms with Crippen molar-refractivity contribution in [2.45, 2.75) is 32.1 Å². The molecular formula is C14H18ClNO2. The van der Waals surface area contributed by atoms with Gasteiger partial charge in [0.25, 0.3) is 0 Å². The Bertz CT molecular complexity index is 436. The van der Waals surface area contributed by atoms with Gasteiger partial charge in [-0.25, -0.2) is 0 Å². The van der Waals surface area contributed by atoms with Crippen molar-refractivity contribution in [2.75, 3.05) is 19.8 Å². The molecule has 3 rings (SSSR count). The molecule has 2 aliphatic heterocycles. The Balaban J connectivity index is 2.20. The lowest BCUT2D eigenvalue weighted by Gasteiger charge is -2.29. The number of ether oxygens (including phenoxy) is 2. The van der Waals surface area contributed by atoms with Crippen molar-refractivity contribution in [3.8, 4) is 11.5 Å². The molecule has 0 atom stereocenters. The van der Waals surface area contributed by atoms with Gasteiger partial charge >= 0.3 is 0 Å². The highest BCUT2D eigenvalue weighted by Crippen LogP contribution is 2.46. The van der Waals surface area contributed by atoms with E-state index in [0.29, 0.717) is 6.54 Å². The molecule has 1 aromatic rings. The Morgan fingerprint density at radius 1 is 1.00 bits per heavy atom. The van der Waals surface area contributed by atoms with Crippen molar-refractivity contribution in [2.24, 2.45) is 5.73 Å². The molecule has 0 radical (unpaired) electrons. The molecule has 0 amide bonds. The van der Waals surface area contributed by atoms with E-state index in [0.717, 1.165) is 67.4 Å². The van der Waals surface area contributed by atoms with E-state index in [-0.39, 0.29) is 0 Å². The molecule has 0 unspecified atom stereocenters. The third-order valence-corrected chi connectivity index (χ3v) is 4.08. The lowest BCUT2D eigenvalue weighted by Crippen LogP contribution is -2.19. The summed E-state index contributed by atoms with van der Waals surface area (Å²) in [5, 5.41) is 0.764. The van der Waals surface area contributed by atoms with E-state index in [4.69, 9.17) is 26.8 Å². The zero-order valence-corrected chi connectivity index (χ0v) is 11.2. The van der Waals surface area contributed by atoms with Crippen LogP contribution in [0.3, 0.4) is 0 Å². The minimum atomic E-state index is 0.629. The highest BCUT2D eigenvalue weighted by atomic mass is 35.5. The van der Waals surface area contributed by atoms with Gasteiger partial charge in [-0.3, -0.25) is 0 Å². The van der Waals surface area contributed by atoms with Crippen molar-refractivity contribution >= 4 is 11.6 Å². The summed E-state index contributed by atoms with van der Waals surface area (Å²) in [4.78, 5) is 0. The Kier molecular flexibility index (Phi) is 3.35. The molecular weight excluding hydrogens is 250 g/mol. The Morgan fingerprint density at radius 2 is 1.67 bits per heavy atom. The van der Waals surface area contributed by atoms with E-state index in [1.165, 1.54) is 11.1 Å². The largest absolute Gasteiger partial charge is 0.493 e. The highest BCUT2D eigenvalue weighted by Gasteiger charge is 2.27. The van der Waals surface area contributed by atoms with Gasteiger partial charge in [-0.2, -0.15) is 0 Å². The van der Waals surface area contributed by atoms with Gasteiger partial charge in [0.2, 0.25) is 0 Å². The predicted octanol–water partition coefficient (Wildman–Crippen LogP) is 2.49. The summed E-state index contributed by atoms with van der Waals surface area (Å²) in [5.74, 6) is 1.87. The molecule has 1 aromatic carbocycles. The summed E-state index contributed by atoms with van der Waals surface area (Å²) >= 11 is 6.48. The van der Waals surface area contributed by atoms with E-state index in [1.807, 2.05) is 0 Å². The van der Waals surface area contributed by atoms with Crippen LogP contribution in [0.15, 0.2) is 0 Å². The second-order valence-corrected chi connectivity index (χ2v) is 5.23. The summed E-state index contributed by atoms with van der Waals surface area (Å²) < 4.78 is 11.6. The first-order chi connectivity index (χ1) is 8.83. The number of fused-ring (bicyclic) bond motifs is 2. The minimum Gasteiger partial charge on any atom is -0.493 e. The molecule has 2 heterocycles. The smallest absolute Gasteiger partial charge is 0.141 e. The van der Waals surface area contributed by atoms with Crippen molar-refractivity contribution in [1.29, 1.82) is 0 Å². The van der Waals surface area contributed by atoms with Crippen molar-refractivity contribution in [3.63, 3.8) is 0 Å². The fraction of sp³-hybridized carbons (Fsp3) is 0.571. The molecule has 2 N–H and O–H groups in total. The molecule has 18 heavy (non-hydrogen) atoms. The van der Waals surface area contributed by atoms with Crippen molar-refractivity contribution in [3.05, 3.63) is 21.7 Å². The normalized spacial score (nSPS) is 17.4. The van der Waals surface area contributed by atoms with Gasteiger partial charge < -0.3 is 15.2 Å². The van der Waals surface area contributed by atoms with E-state index < -0.39 is 0 Å². The average molecular weight is 268 g/mol. The quantitative estimate of drug-likeness (QED) is 0.895. The van der Waals surface area contributed by atoms with Gasteiger partial charge in [-0.15, -0.1) is 0 Å². The van der Waals surface area contributed by atoms with Crippen LogP contribution in [-0.4, -0.2) is 19.8 Å². The molecule has 0 saturated heterocycles.